The third-order valence-electron chi connectivity index (χ3n) is 3.50. The monoisotopic (exact) mass is 407 g/mol. The summed E-state index contributed by atoms with van der Waals surface area (Å²) in [6.45, 7) is 0.237. The summed E-state index contributed by atoms with van der Waals surface area (Å²) >= 11 is 2.77. The van der Waals surface area contributed by atoms with Crippen molar-refractivity contribution >= 4 is 38.5 Å². The van der Waals surface area contributed by atoms with Crippen LogP contribution >= 0.6 is 22.7 Å². The second kappa shape index (κ2) is 8.59. The SMILES string of the molecule is O=C(c1ccsc1)c1ccc(CNS(=O)(=O)CCOc2ccccc2)s1. The van der Waals surface area contributed by atoms with Crippen LogP contribution in [0, 0.1) is 0 Å². The lowest BCUT2D eigenvalue weighted by molar-refractivity contribution is 0.104. The second-order valence-electron chi connectivity index (χ2n) is 5.41. The van der Waals surface area contributed by atoms with E-state index in [9.17, 15) is 13.2 Å². The second-order valence-corrected chi connectivity index (χ2v) is 9.28. The van der Waals surface area contributed by atoms with Crippen LogP contribution in [0.1, 0.15) is 20.1 Å². The van der Waals surface area contributed by atoms with E-state index >= 15 is 0 Å². The Hall–Kier alpha value is -2.00. The topological polar surface area (TPSA) is 72.5 Å². The number of hydrogen-bond donors (Lipinski definition) is 1. The Bertz CT molecular complexity index is 948. The predicted octanol–water partition coefficient (Wildman–Crippen LogP) is 3.54. The van der Waals surface area contributed by atoms with Gasteiger partial charge in [-0.2, -0.15) is 11.3 Å². The lowest BCUT2D eigenvalue weighted by atomic mass is 10.2. The molecule has 3 aromatic rings. The maximum Gasteiger partial charge on any atom is 0.215 e. The Balaban J connectivity index is 1.49. The maximum atomic E-state index is 12.3. The summed E-state index contributed by atoms with van der Waals surface area (Å²) in [7, 11) is -3.46. The molecule has 0 unspecified atom stereocenters. The van der Waals surface area contributed by atoms with Gasteiger partial charge in [0.25, 0.3) is 0 Å². The van der Waals surface area contributed by atoms with E-state index in [4.69, 9.17) is 4.74 Å². The molecule has 2 aromatic heterocycles. The molecule has 5 nitrogen and oxygen atoms in total. The Kier molecular flexibility index (Phi) is 6.20. The van der Waals surface area contributed by atoms with Gasteiger partial charge in [0.1, 0.15) is 12.4 Å². The molecule has 8 heteroatoms. The number of sulfonamides is 1. The molecule has 0 spiro atoms. The Labute approximate surface area is 160 Å². The van der Waals surface area contributed by atoms with Crippen molar-refractivity contribution in [3.63, 3.8) is 0 Å². The Morgan fingerprint density at radius 1 is 1.08 bits per heavy atom. The van der Waals surface area contributed by atoms with Crippen molar-refractivity contribution in [2.45, 2.75) is 6.54 Å². The van der Waals surface area contributed by atoms with Gasteiger partial charge < -0.3 is 4.74 Å². The predicted molar refractivity (Wildman–Crippen MR) is 105 cm³/mol. The molecule has 0 amide bonds. The van der Waals surface area contributed by atoms with Gasteiger partial charge in [-0.05, 0) is 35.7 Å². The van der Waals surface area contributed by atoms with E-state index in [1.165, 1.54) is 22.7 Å². The maximum absolute atomic E-state index is 12.3. The van der Waals surface area contributed by atoms with Gasteiger partial charge in [-0.3, -0.25) is 4.79 Å². The molecule has 0 saturated carbocycles. The zero-order chi connectivity index (χ0) is 18.4. The third kappa shape index (κ3) is 5.25. The summed E-state index contributed by atoms with van der Waals surface area (Å²) in [6, 6.07) is 14.3. The fourth-order valence-electron chi connectivity index (χ4n) is 2.17. The highest BCUT2D eigenvalue weighted by Crippen LogP contribution is 2.21. The van der Waals surface area contributed by atoms with Crippen LogP contribution in [0.2, 0.25) is 0 Å². The minimum Gasteiger partial charge on any atom is -0.492 e. The normalized spacial score (nSPS) is 11.4. The molecule has 0 aliphatic carbocycles. The van der Waals surface area contributed by atoms with Crippen molar-refractivity contribution in [2.24, 2.45) is 0 Å². The number of ether oxygens (including phenoxy) is 1. The largest absolute Gasteiger partial charge is 0.492 e. The number of ketones is 1. The third-order valence-corrected chi connectivity index (χ3v) is 6.55. The van der Waals surface area contributed by atoms with Crippen LogP contribution < -0.4 is 9.46 Å². The number of carbonyl (C=O) groups excluding carboxylic acids is 1. The summed E-state index contributed by atoms with van der Waals surface area (Å²) in [5.74, 6) is 0.465. The van der Waals surface area contributed by atoms with Crippen LogP contribution in [0.3, 0.4) is 0 Å². The fourth-order valence-corrected chi connectivity index (χ4v) is 4.63. The highest BCUT2D eigenvalue weighted by molar-refractivity contribution is 7.89. The van der Waals surface area contributed by atoms with Crippen LogP contribution in [0.25, 0.3) is 0 Å². The number of hydrogen-bond acceptors (Lipinski definition) is 6. The molecule has 0 atom stereocenters. The van der Waals surface area contributed by atoms with Crippen LogP contribution in [-0.4, -0.2) is 26.6 Å². The molecule has 2 heterocycles. The van der Waals surface area contributed by atoms with Gasteiger partial charge in [-0.25, -0.2) is 13.1 Å². The number of benzene rings is 1. The number of thiophene rings is 2. The van der Waals surface area contributed by atoms with Crippen molar-refractivity contribution in [3.05, 3.63) is 74.6 Å². The van der Waals surface area contributed by atoms with E-state index in [0.29, 0.717) is 16.2 Å². The quantitative estimate of drug-likeness (QED) is 0.551. The molecule has 3 rings (SSSR count). The number of nitrogens with one attached hydrogen (secondary N) is 1. The molecule has 0 saturated heterocycles. The Morgan fingerprint density at radius 3 is 2.62 bits per heavy atom. The van der Waals surface area contributed by atoms with Gasteiger partial charge in [-0.1, -0.05) is 18.2 Å². The molecular formula is C18H17NO4S3. The van der Waals surface area contributed by atoms with Crippen LogP contribution in [-0.2, 0) is 16.6 Å². The summed E-state index contributed by atoms with van der Waals surface area (Å²) in [6.07, 6.45) is 0. The molecule has 0 bridgehead atoms. The molecule has 26 heavy (non-hydrogen) atoms. The highest BCUT2D eigenvalue weighted by Gasteiger charge is 2.14. The van der Waals surface area contributed by atoms with E-state index in [1.807, 2.05) is 23.6 Å². The van der Waals surface area contributed by atoms with Crippen LogP contribution in [0.4, 0.5) is 0 Å². The van der Waals surface area contributed by atoms with Crippen LogP contribution in [0.5, 0.6) is 5.75 Å². The highest BCUT2D eigenvalue weighted by atomic mass is 32.2. The average Bonchev–Trinajstić information content (AvgIpc) is 3.32. The molecule has 1 aromatic carbocycles. The van der Waals surface area contributed by atoms with Crippen molar-refractivity contribution in [2.75, 3.05) is 12.4 Å². The summed E-state index contributed by atoms with van der Waals surface area (Å²) in [4.78, 5) is 13.6. The first-order chi connectivity index (χ1) is 12.5. The van der Waals surface area contributed by atoms with Gasteiger partial charge in [0.2, 0.25) is 15.8 Å². The van der Waals surface area contributed by atoms with Crippen molar-refractivity contribution in [1.82, 2.24) is 4.72 Å². The van der Waals surface area contributed by atoms with Gasteiger partial charge >= 0.3 is 0 Å². The zero-order valence-electron chi connectivity index (χ0n) is 13.8. The first-order valence-corrected chi connectivity index (χ1v) is 11.3. The molecule has 0 aliphatic heterocycles. The fraction of sp³-hybridized carbons (Fsp3) is 0.167. The van der Waals surface area contributed by atoms with Gasteiger partial charge in [0.05, 0.1) is 10.6 Å². The van der Waals surface area contributed by atoms with E-state index < -0.39 is 10.0 Å². The Morgan fingerprint density at radius 2 is 1.88 bits per heavy atom. The standard InChI is InChI=1S/C18H17NO4S3/c20-18(14-8-10-24-13-14)17-7-6-16(25-17)12-19-26(21,22)11-9-23-15-4-2-1-3-5-15/h1-8,10,13,19H,9,11-12H2. The molecular weight excluding hydrogens is 390 g/mol. The lowest BCUT2D eigenvalue weighted by Crippen LogP contribution is -2.28. The van der Waals surface area contributed by atoms with E-state index in [2.05, 4.69) is 4.72 Å². The van der Waals surface area contributed by atoms with Crippen molar-refractivity contribution in [3.8, 4) is 5.75 Å². The molecule has 0 radical (unpaired) electrons. The molecule has 0 fully saturated rings. The number of rotatable bonds is 9. The number of carbonyl (C=O) groups is 1. The summed E-state index contributed by atoms with van der Waals surface area (Å²) < 4.78 is 32.1. The molecule has 0 aliphatic rings. The van der Waals surface area contributed by atoms with E-state index in [-0.39, 0.29) is 24.7 Å². The lowest BCUT2D eigenvalue weighted by Gasteiger charge is -2.07. The van der Waals surface area contributed by atoms with Gasteiger partial charge in [0, 0.05) is 22.4 Å². The van der Waals surface area contributed by atoms with E-state index in [1.54, 1.807) is 35.7 Å². The first kappa shape index (κ1) is 18.8. The summed E-state index contributed by atoms with van der Waals surface area (Å²) in [5.41, 5.74) is 0.655. The first-order valence-electron chi connectivity index (χ1n) is 7.84. The summed E-state index contributed by atoms with van der Waals surface area (Å²) in [5, 5.41) is 3.66. The van der Waals surface area contributed by atoms with Crippen molar-refractivity contribution in [1.29, 1.82) is 0 Å². The average molecular weight is 408 g/mol. The molecule has 136 valence electrons. The van der Waals surface area contributed by atoms with Crippen molar-refractivity contribution < 1.29 is 17.9 Å². The van der Waals surface area contributed by atoms with E-state index in [0.717, 1.165) is 4.88 Å². The molecule has 1 N–H and O–H groups in total. The van der Waals surface area contributed by atoms with Crippen LogP contribution in [0.15, 0.2) is 59.3 Å². The number of para-hydroxylation sites is 1. The minimum absolute atomic E-state index is 0.0402. The zero-order valence-corrected chi connectivity index (χ0v) is 16.2. The van der Waals surface area contributed by atoms with Gasteiger partial charge in [0.15, 0.2) is 0 Å². The minimum atomic E-state index is -3.46. The van der Waals surface area contributed by atoms with Gasteiger partial charge in [-0.15, -0.1) is 11.3 Å². The smallest absolute Gasteiger partial charge is 0.215 e.